The lowest BCUT2D eigenvalue weighted by Crippen LogP contribution is -2.47. The summed E-state index contributed by atoms with van der Waals surface area (Å²) in [5.41, 5.74) is -1.17. The van der Waals surface area contributed by atoms with Crippen LogP contribution in [0, 0.1) is 5.92 Å². The van der Waals surface area contributed by atoms with Crippen molar-refractivity contribution in [3.8, 4) is 17.2 Å². The van der Waals surface area contributed by atoms with E-state index >= 15 is 0 Å². The van der Waals surface area contributed by atoms with E-state index in [1.54, 1.807) is 0 Å². The van der Waals surface area contributed by atoms with Gasteiger partial charge in [-0.1, -0.05) is 42.5 Å². The predicted molar refractivity (Wildman–Crippen MR) is 125 cm³/mol. The molecule has 1 aliphatic carbocycles. The lowest BCUT2D eigenvalue weighted by atomic mass is 9.67. The monoisotopic (exact) mass is 471 g/mol. The number of rotatable bonds is 4. The number of carbonyl (C=O) groups excluding carboxylic acids is 4. The minimum Gasteiger partial charge on any atom is -0.507 e. The summed E-state index contributed by atoms with van der Waals surface area (Å²) in [6, 6.07) is 14.3. The Morgan fingerprint density at radius 2 is 1.77 bits per heavy atom. The van der Waals surface area contributed by atoms with Crippen LogP contribution < -0.4 is 10.1 Å². The van der Waals surface area contributed by atoms with Crippen molar-refractivity contribution in [2.45, 2.75) is 25.8 Å². The molecule has 8 heteroatoms. The van der Waals surface area contributed by atoms with Crippen molar-refractivity contribution < 1.29 is 34.1 Å². The molecule has 3 aromatic carbocycles. The molecular weight excluding hydrogens is 450 g/mol. The zero-order valence-corrected chi connectivity index (χ0v) is 18.9. The maximum absolute atomic E-state index is 13.3. The van der Waals surface area contributed by atoms with Gasteiger partial charge in [-0.3, -0.25) is 19.2 Å². The van der Waals surface area contributed by atoms with Crippen LogP contribution in [0.1, 0.15) is 35.3 Å². The third kappa shape index (κ3) is 3.21. The topological polar surface area (TPSA) is 130 Å². The Morgan fingerprint density at radius 3 is 2.51 bits per heavy atom. The summed E-state index contributed by atoms with van der Waals surface area (Å²) in [7, 11) is 0. The van der Waals surface area contributed by atoms with Gasteiger partial charge in [0.1, 0.15) is 39.9 Å². The quantitative estimate of drug-likeness (QED) is 0.499. The molecule has 5 rings (SSSR count). The number of ether oxygens (including phenoxy) is 1. The van der Waals surface area contributed by atoms with E-state index in [1.165, 1.54) is 6.92 Å². The highest BCUT2D eigenvalue weighted by molar-refractivity contribution is 6.27. The molecule has 0 saturated heterocycles. The fraction of sp³-hybridized carbons (Fsp3) is 0.185. The average Bonchev–Trinajstić information content (AvgIpc) is 3.10. The number of Topliss-reactive ketones (excluding diaryl/α,β-unsaturated/α-hetero) is 2. The molecular formula is C27H21NO7. The van der Waals surface area contributed by atoms with Gasteiger partial charge < -0.3 is 20.3 Å². The first-order chi connectivity index (χ1) is 16.6. The lowest BCUT2D eigenvalue weighted by Gasteiger charge is -2.30. The van der Waals surface area contributed by atoms with Gasteiger partial charge in [0.15, 0.2) is 17.3 Å². The molecule has 0 fully saturated rings. The van der Waals surface area contributed by atoms with E-state index in [-0.39, 0.29) is 29.2 Å². The molecule has 1 heterocycles. The van der Waals surface area contributed by atoms with Crippen molar-refractivity contribution >= 4 is 34.0 Å². The van der Waals surface area contributed by atoms with Gasteiger partial charge in [-0.05, 0) is 30.2 Å². The first kappa shape index (κ1) is 22.3. The second-order valence-electron chi connectivity index (χ2n) is 8.86. The first-order valence-electron chi connectivity index (χ1n) is 11.0. The van der Waals surface area contributed by atoms with Crippen molar-refractivity contribution in [1.82, 2.24) is 5.32 Å². The zero-order chi connectivity index (χ0) is 25.1. The van der Waals surface area contributed by atoms with Crippen LogP contribution in [0.4, 0.5) is 0 Å². The minimum absolute atomic E-state index is 0.0689. The van der Waals surface area contributed by atoms with E-state index in [0.717, 1.165) is 35.4 Å². The second kappa shape index (κ2) is 7.80. The average molecular weight is 471 g/mol. The number of phenols is 2. The van der Waals surface area contributed by atoms with Gasteiger partial charge in [-0.15, -0.1) is 0 Å². The van der Waals surface area contributed by atoms with Crippen molar-refractivity contribution in [2.75, 3.05) is 0 Å². The third-order valence-corrected chi connectivity index (χ3v) is 6.71. The van der Waals surface area contributed by atoms with Crippen LogP contribution in [0.5, 0.6) is 17.2 Å². The van der Waals surface area contributed by atoms with E-state index in [9.17, 15) is 29.4 Å². The van der Waals surface area contributed by atoms with E-state index in [0.29, 0.717) is 0 Å². The van der Waals surface area contributed by atoms with Crippen molar-refractivity contribution in [3.63, 3.8) is 0 Å². The fourth-order valence-corrected chi connectivity index (χ4v) is 4.92. The van der Waals surface area contributed by atoms with Gasteiger partial charge in [-0.2, -0.15) is 0 Å². The summed E-state index contributed by atoms with van der Waals surface area (Å²) in [6.07, 6.45) is 1.04. The van der Waals surface area contributed by atoms with Crippen LogP contribution in [0.15, 0.2) is 60.4 Å². The summed E-state index contributed by atoms with van der Waals surface area (Å²) in [6.45, 7) is 2.70. The number of amides is 1. The SMILES string of the molecule is CC(=O)C1C(=O)C=C2Oc3c(C(=O)NCc4cccc5ccccc45)c(O)cc(O)c3[C@]2(C)C1=O. The summed E-state index contributed by atoms with van der Waals surface area (Å²) in [4.78, 5) is 50.9. The van der Waals surface area contributed by atoms with Gasteiger partial charge >= 0.3 is 0 Å². The smallest absolute Gasteiger partial charge is 0.259 e. The van der Waals surface area contributed by atoms with Gasteiger partial charge in [0.05, 0.1) is 5.56 Å². The molecule has 0 radical (unpaired) electrons. The number of fused-ring (bicyclic) bond motifs is 4. The molecule has 2 atom stereocenters. The number of ketones is 3. The highest BCUT2D eigenvalue weighted by atomic mass is 16.5. The highest BCUT2D eigenvalue weighted by Crippen LogP contribution is 2.56. The molecule has 3 N–H and O–H groups in total. The number of hydrogen-bond donors (Lipinski definition) is 3. The molecule has 1 unspecified atom stereocenters. The number of phenolic OH excluding ortho intramolecular Hbond substituents is 2. The van der Waals surface area contributed by atoms with Crippen molar-refractivity contribution in [2.24, 2.45) is 5.92 Å². The summed E-state index contributed by atoms with van der Waals surface area (Å²) in [5.74, 6) is -5.72. The Hall–Kier alpha value is -4.46. The lowest BCUT2D eigenvalue weighted by molar-refractivity contribution is -0.140. The highest BCUT2D eigenvalue weighted by Gasteiger charge is 2.58. The summed E-state index contributed by atoms with van der Waals surface area (Å²) >= 11 is 0. The van der Waals surface area contributed by atoms with E-state index in [2.05, 4.69) is 5.32 Å². The fourth-order valence-electron chi connectivity index (χ4n) is 4.92. The molecule has 0 spiro atoms. The Kier molecular flexibility index (Phi) is 4.98. The molecule has 0 bridgehead atoms. The predicted octanol–water partition coefficient (Wildman–Crippen LogP) is 3.07. The summed E-state index contributed by atoms with van der Waals surface area (Å²) in [5, 5.41) is 25.9. The van der Waals surface area contributed by atoms with Gasteiger partial charge in [0.2, 0.25) is 0 Å². The Bertz CT molecular complexity index is 1500. The molecule has 176 valence electrons. The second-order valence-corrected chi connectivity index (χ2v) is 8.86. The molecule has 35 heavy (non-hydrogen) atoms. The number of aromatic hydroxyl groups is 2. The molecule has 8 nitrogen and oxygen atoms in total. The number of carbonyl (C=O) groups is 4. The van der Waals surface area contributed by atoms with Gasteiger partial charge in [-0.25, -0.2) is 0 Å². The molecule has 1 aliphatic heterocycles. The Balaban J connectivity index is 1.55. The minimum atomic E-state index is -1.66. The van der Waals surface area contributed by atoms with Crippen LogP contribution in [0.2, 0.25) is 0 Å². The third-order valence-electron chi connectivity index (χ3n) is 6.71. The molecule has 0 saturated carbocycles. The van der Waals surface area contributed by atoms with Gasteiger partial charge in [0, 0.05) is 18.7 Å². The van der Waals surface area contributed by atoms with E-state index in [4.69, 9.17) is 4.74 Å². The Labute approximate surface area is 199 Å². The standard InChI is InChI=1S/C27H21NO7/c1-13(29)21-18(31)11-20-27(2,25(21)33)23-19(32)10-17(30)22(24(23)35-20)26(34)28-12-15-8-5-7-14-6-3-4-9-16(14)15/h3-11,21,30,32H,12H2,1-2H3,(H,28,34)/t21?,27-/m1/s1. The number of allylic oxidation sites excluding steroid dienone is 2. The number of nitrogens with one attached hydrogen (secondary N) is 1. The number of benzene rings is 3. The molecule has 0 aromatic heterocycles. The van der Waals surface area contributed by atoms with Gasteiger partial charge in [0.25, 0.3) is 5.91 Å². The van der Waals surface area contributed by atoms with Crippen molar-refractivity contribution in [1.29, 1.82) is 0 Å². The molecule has 1 amide bonds. The molecule has 3 aromatic rings. The largest absolute Gasteiger partial charge is 0.507 e. The normalized spacial score (nSPS) is 20.6. The molecule has 2 aliphatic rings. The zero-order valence-electron chi connectivity index (χ0n) is 18.9. The maximum Gasteiger partial charge on any atom is 0.259 e. The maximum atomic E-state index is 13.3. The Morgan fingerprint density at radius 1 is 1.06 bits per heavy atom. The first-order valence-corrected chi connectivity index (χ1v) is 11.0. The van der Waals surface area contributed by atoms with Crippen LogP contribution in [0.25, 0.3) is 10.8 Å². The van der Waals surface area contributed by atoms with E-state index < -0.39 is 46.1 Å². The van der Waals surface area contributed by atoms with Crippen molar-refractivity contribution in [3.05, 3.63) is 77.1 Å². The number of hydrogen-bond acceptors (Lipinski definition) is 7. The van der Waals surface area contributed by atoms with Crippen LogP contribution >= 0.6 is 0 Å². The van der Waals surface area contributed by atoms with Crippen LogP contribution in [0.3, 0.4) is 0 Å². The van der Waals surface area contributed by atoms with Crippen LogP contribution in [-0.4, -0.2) is 33.5 Å². The van der Waals surface area contributed by atoms with E-state index in [1.807, 2.05) is 42.5 Å². The van der Waals surface area contributed by atoms with Crippen LogP contribution in [-0.2, 0) is 26.3 Å². The summed E-state index contributed by atoms with van der Waals surface area (Å²) < 4.78 is 5.75.